The predicted molar refractivity (Wildman–Crippen MR) is 130 cm³/mol. The molecule has 0 N–H and O–H groups in total. The Balaban J connectivity index is 1.86. The number of benzene rings is 3. The molecule has 32 heavy (non-hydrogen) atoms. The number of halogens is 1. The van der Waals surface area contributed by atoms with Crippen molar-refractivity contribution in [3.63, 3.8) is 0 Å². The summed E-state index contributed by atoms with van der Waals surface area (Å²) in [5.74, 6) is -0.501. The number of rotatable bonds is 6. The van der Waals surface area contributed by atoms with E-state index in [1.807, 2.05) is 49.4 Å². The normalized spacial score (nSPS) is 11.6. The van der Waals surface area contributed by atoms with Gasteiger partial charge in [0.05, 0.1) is 33.0 Å². The van der Waals surface area contributed by atoms with Crippen LogP contribution in [0.1, 0.15) is 28.4 Å². The average molecular weight is 485 g/mol. The zero-order valence-corrected chi connectivity index (χ0v) is 20.0. The van der Waals surface area contributed by atoms with E-state index in [0.29, 0.717) is 10.2 Å². The first-order valence-electron chi connectivity index (χ1n) is 10.0. The first kappa shape index (κ1) is 22.5. The number of anilines is 1. The number of aryl methyl sites for hydroxylation is 1. The molecule has 0 atom stereocenters. The molecule has 0 aliphatic heterocycles. The Hall–Kier alpha value is -2.74. The molecule has 8 heteroatoms. The van der Waals surface area contributed by atoms with Crippen molar-refractivity contribution in [1.29, 1.82) is 0 Å². The number of sulfone groups is 1. The fourth-order valence-corrected chi connectivity index (χ4v) is 5.67. The van der Waals surface area contributed by atoms with Gasteiger partial charge in [-0.25, -0.2) is 13.4 Å². The third-order valence-electron chi connectivity index (χ3n) is 5.23. The maximum Gasteiger partial charge on any atom is 0.261 e. The standard InChI is InChI=1S/C24H21ClN2O3S2/c1-3-32(29,30)21-12-8-7-11-18(21)23(28)27(15-17-9-5-4-6-10-17)24-26-22-16(2)19(25)13-14-20(22)31-24/h4-14H,3,15H2,1-2H3. The predicted octanol–water partition coefficient (Wildman–Crippen LogP) is 5.90. The largest absolute Gasteiger partial charge is 0.279 e. The maximum absolute atomic E-state index is 13.8. The monoisotopic (exact) mass is 484 g/mol. The summed E-state index contributed by atoms with van der Waals surface area (Å²) in [6, 6.07) is 19.6. The van der Waals surface area contributed by atoms with Gasteiger partial charge in [-0.2, -0.15) is 0 Å². The van der Waals surface area contributed by atoms with Gasteiger partial charge in [0.25, 0.3) is 5.91 Å². The number of hydrogen-bond donors (Lipinski definition) is 0. The highest BCUT2D eigenvalue weighted by molar-refractivity contribution is 7.91. The van der Waals surface area contributed by atoms with E-state index in [-0.39, 0.29) is 22.8 Å². The second-order valence-corrected chi connectivity index (χ2v) is 11.0. The van der Waals surface area contributed by atoms with Gasteiger partial charge in [0.1, 0.15) is 0 Å². The zero-order valence-electron chi connectivity index (χ0n) is 17.6. The van der Waals surface area contributed by atoms with Gasteiger partial charge in [0, 0.05) is 5.02 Å². The molecule has 4 rings (SSSR count). The van der Waals surface area contributed by atoms with Crippen LogP contribution in [0.2, 0.25) is 5.02 Å². The molecular weight excluding hydrogens is 464 g/mol. The van der Waals surface area contributed by atoms with Crippen LogP contribution in [-0.4, -0.2) is 25.1 Å². The van der Waals surface area contributed by atoms with Gasteiger partial charge in [-0.3, -0.25) is 9.69 Å². The quantitative estimate of drug-likeness (QED) is 0.341. The lowest BCUT2D eigenvalue weighted by atomic mass is 10.1. The van der Waals surface area contributed by atoms with E-state index >= 15 is 0 Å². The molecule has 1 heterocycles. The Bertz CT molecular complexity index is 1400. The number of fused-ring (bicyclic) bond motifs is 1. The van der Waals surface area contributed by atoms with Crippen molar-refractivity contribution in [1.82, 2.24) is 4.98 Å². The van der Waals surface area contributed by atoms with Crippen LogP contribution in [-0.2, 0) is 16.4 Å². The fraction of sp³-hybridized carbons (Fsp3) is 0.167. The highest BCUT2D eigenvalue weighted by Crippen LogP contribution is 2.35. The van der Waals surface area contributed by atoms with Crippen molar-refractivity contribution in [3.8, 4) is 0 Å². The topological polar surface area (TPSA) is 67.3 Å². The van der Waals surface area contributed by atoms with Crippen LogP contribution in [0.15, 0.2) is 71.6 Å². The maximum atomic E-state index is 13.8. The smallest absolute Gasteiger partial charge is 0.261 e. The van der Waals surface area contributed by atoms with Gasteiger partial charge >= 0.3 is 0 Å². The van der Waals surface area contributed by atoms with Crippen molar-refractivity contribution in [2.75, 3.05) is 10.7 Å². The molecule has 0 spiro atoms. The third-order valence-corrected chi connectivity index (χ3v) is 8.47. The van der Waals surface area contributed by atoms with Gasteiger partial charge in [-0.05, 0) is 42.3 Å². The van der Waals surface area contributed by atoms with E-state index in [0.717, 1.165) is 21.3 Å². The molecule has 0 unspecified atom stereocenters. The molecule has 0 radical (unpaired) electrons. The Kier molecular flexibility index (Phi) is 6.33. The summed E-state index contributed by atoms with van der Waals surface area (Å²) in [4.78, 5) is 20.1. The molecule has 5 nitrogen and oxygen atoms in total. The lowest BCUT2D eigenvalue weighted by molar-refractivity contribution is 0.0982. The summed E-state index contributed by atoms with van der Waals surface area (Å²) >= 11 is 7.64. The fourth-order valence-electron chi connectivity index (χ4n) is 3.41. The summed E-state index contributed by atoms with van der Waals surface area (Å²) in [5.41, 5.74) is 2.62. The van der Waals surface area contributed by atoms with Crippen LogP contribution >= 0.6 is 22.9 Å². The summed E-state index contributed by atoms with van der Waals surface area (Å²) in [7, 11) is -3.58. The van der Waals surface area contributed by atoms with Crippen molar-refractivity contribution in [2.45, 2.75) is 25.3 Å². The number of hydrogen-bond acceptors (Lipinski definition) is 5. The molecule has 3 aromatic carbocycles. The van der Waals surface area contributed by atoms with Crippen LogP contribution < -0.4 is 4.90 Å². The van der Waals surface area contributed by atoms with Gasteiger partial charge in [0.2, 0.25) is 0 Å². The highest BCUT2D eigenvalue weighted by atomic mass is 35.5. The average Bonchev–Trinajstić information content (AvgIpc) is 3.25. The first-order valence-corrected chi connectivity index (χ1v) is 12.9. The molecule has 1 aromatic heterocycles. The van der Waals surface area contributed by atoms with E-state index < -0.39 is 15.7 Å². The lowest BCUT2D eigenvalue weighted by Gasteiger charge is -2.21. The van der Waals surface area contributed by atoms with E-state index in [4.69, 9.17) is 16.6 Å². The Morgan fingerprint density at radius 2 is 1.72 bits per heavy atom. The molecule has 164 valence electrons. The molecule has 0 aliphatic rings. The Morgan fingerprint density at radius 1 is 1.03 bits per heavy atom. The number of thiazole rings is 1. The minimum absolute atomic E-state index is 0.0332. The number of carbonyl (C=O) groups excluding carboxylic acids is 1. The van der Waals surface area contributed by atoms with Gasteiger partial charge in [0.15, 0.2) is 15.0 Å². The van der Waals surface area contributed by atoms with E-state index in [1.165, 1.54) is 22.3 Å². The van der Waals surface area contributed by atoms with Crippen molar-refractivity contribution in [3.05, 3.63) is 88.4 Å². The second-order valence-electron chi connectivity index (χ2n) is 7.29. The number of aromatic nitrogens is 1. The van der Waals surface area contributed by atoms with Crippen LogP contribution in [0.4, 0.5) is 5.13 Å². The van der Waals surface area contributed by atoms with Gasteiger partial charge in [-0.15, -0.1) is 0 Å². The molecular formula is C24H21ClN2O3S2. The molecule has 0 aliphatic carbocycles. The summed E-state index contributed by atoms with van der Waals surface area (Å²) in [5, 5.41) is 1.09. The molecule has 0 saturated heterocycles. The van der Waals surface area contributed by atoms with Gasteiger partial charge < -0.3 is 0 Å². The molecule has 0 saturated carbocycles. The van der Waals surface area contributed by atoms with Crippen LogP contribution in [0.5, 0.6) is 0 Å². The molecule has 0 fully saturated rings. The van der Waals surface area contributed by atoms with Gasteiger partial charge in [-0.1, -0.05) is 72.3 Å². The number of amides is 1. The summed E-state index contributed by atoms with van der Waals surface area (Å²) < 4.78 is 26.2. The SMILES string of the molecule is CCS(=O)(=O)c1ccccc1C(=O)N(Cc1ccccc1)c1nc2c(C)c(Cl)ccc2s1. The van der Waals surface area contributed by atoms with E-state index in [2.05, 4.69) is 0 Å². The van der Waals surface area contributed by atoms with Crippen LogP contribution in [0.3, 0.4) is 0 Å². The molecule has 0 bridgehead atoms. The summed E-state index contributed by atoms with van der Waals surface area (Å²) in [6.45, 7) is 3.71. The Labute approximate surface area is 196 Å². The zero-order chi connectivity index (χ0) is 22.9. The van der Waals surface area contributed by atoms with Crippen LogP contribution in [0.25, 0.3) is 10.2 Å². The minimum atomic E-state index is -3.58. The van der Waals surface area contributed by atoms with Crippen molar-refractivity contribution < 1.29 is 13.2 Å². The lowest BCUT2D eigenvalue weighted by Crippen LogP contribution is -2.31. The van der Waals surface area contributed by atoms with Crippen molar-refractivity contribution in [2.24, 2.45) is 0 Å². The molecule has 4 aromatic rings. The summed E-state index contributed by atoms with van der Waals surface area (Å²) in [6.07, 6.45) is 0. The second kappa shape index (κ2) is 9.02. The third kappa shape index (κ3) is 4.28. The number of nitrogens with zero attached hydrogens (tertiary/aromatic N) is 2. The Morgan fingerprint density at radius 3 is 2.44 bits per heavy atom. The molecule has 1 amide bonds. The minimum Gasteiger partial charge on any atom is -0.279 e. The van der Waals surface area contributed by atoms with Crippen molar-refractivity contribution >= 4 is 54.0 Å². The van der Waals surface area contributed by atoms with E-state index in [9.17, 15) is 13.2 Å². The first-order chi connectivity index (χ1) is 15.3. The number of carbonyl (C=O) groups is 1. The van der Waals surface area contributed by atoms with Crippen LogP contribution in [0, 0.1) is 6.92 Å². The highest BCUT2D eigenvalue weighted by Gasteiger charge is 2.27. The van der Waals surface area contributed by atoms with E-state index in [1.54, 1.807) is 25.1 Å².